The second kappa shape index (κ2) is 8.90. The van der Waals surface area contributed by atoms with E-state index in [1.165, 1.54) is 16.8 Å². The highest BCUT2D eigenvalue weighted by molar-refractivity contribution is 7.98. The molecule has 2 heterocycles. The van der Waals surface area contributed by atoms with E-state index >= 15 is 0 Å². The van der Waals surface area contributed by atoms with Crippen molar-refractivity contribution >= 4 is 29.4 Å². The highest BCUT2D eigenvalue weighted by Crippen LogP contribution is 2.34. The van der Waals surface area contributed by atoms with Crippen LogP contribution in [0.1, 0.15) is 24.6 Å². The molecule has 1 aliphatic heterocycles. The smallest absolute Gasteiger partial charge is 0.263 e. The van der Waals surface area contributed by atoms with Gasteiger partial charge in [-0.2, -0.15) is 16.9 Å². The number of halogens is 1. The van der Waals surface area contributed by atoms with Crippen molar-refractivity contribution in [3.8, 4) is 5.75 Å². The molecule has 0 radical (unpaired) electrons. The van der Waals surface area contributed by atoms with Gasteiger partial charge in [-0.15, -0.1) is 0 Å². The van der Waals surface area contributed by atoms with Gasteiger partial charge in [0.1, 0.15) is 12.4 Å². The normalized spacial score (nSPS) is 12.5. The van der Waals surface area contributed by atoms with Gasteiger partial charge >= 0.3 is 0 Å². The zero-order chi connectivity index (χ0) is 19.2. The minimum absolute atomic E-state index is 0.0147. The lowest BCUT2D eigenvalue weighted by molar-refractivity contribution is -0.122. The van der Waals surface area contributed by atoms with Crippen molar-refractivity contribution in [2.24, 2.45) is 0 Å². The summed E-state index contributed by atoms with van der Waals surface area (Å²) in [5.74, 6) is 0.852. The second-order valence-electron chi connectivity index (χ2n) is 6.04. The summed E-state index contributed by atoms with van der Waals surface area (Å²) in [6.07, 6.45) is 0.842. The highest BCUT2D eigenvalue weighted by Gasteiger charge is 2.25. The molecular weight excluding hydrogens is 371 g/mol. The Morgan fingerprint density at radius 3 is 2.89 bits per heavy atom. The van der Waals surface area contributed by atoms with E-state index in [4.69, 9.17) is 4.74 Å². The number of ether oxygens (including phenoxy) is 1. The van der Waals surface area contributed by atoms with Crippen LogP contribution in [0.25, 0.3) is 0 Å². The van der Waals surface area contributed by atoms with E-state index in [2.05, 4.69) is 15.7 Å². The van der Waals surface area contributed by atoms with Gasteiger partial charge in [0.25, 0.3) is 5.91 Å². The van der Waals surface area contributed by atoms with Crippen molar-refractivity contribution in [2.45, 2.75) is 31.4 Å². The number of hydrogen-bond donors (Lipinski definition) is 2. The number of carbonyl (C=O) groups is 2. The second-order valence-corrected chi connectivity index (χ2v) is 7.03. The van der Waals surface area contributed by atoms with Crippen LogP contribution in [0, 0.1) is 5.82 Å². The van der Waals surface area contributed by atoms with E-state index in [1.54, 1.807) is 23.9 Å². The van der Waals surface area contributed by atoms with Crippen molar-refractivity contribution < 1.29 is 18.7 Å². The Hall–Kier alpha value is -2.55. The lowest BCUT2D eigenvalue weighted by Gasteiger charge is -2.12. The molecule has 1 aliphatic rings. The van der Waals surface area contributed by atoms with Crippen molar-refractivity contribution in [1.29, 1.82) is 0 Å². The maximum absolute atomic E-state index is 13.6. The average molecular weight is 392 g/mol. The predicted octanol–water partition coefficient (Wildman–Crippen LogP) is 2.31. The van der Waals surface area contributed by atoms with Crippen molar-refractivity contribution in [2.75, 3.05) is 18.5 Å². The molecule has 0 atom stereocenters. The molecule has 0 aliphatic carbocycles. The number of benzene rings is 1. The number of nitrogens with zero attached hydrogens (tertiary/aromatic N) is 2. The van der Waals surface area contributed by atoms with Crippen molar-refractivity contribution in [3.63, 3.8) is 0 Å². The number of carbonyl (C=O) groups excluding carboxylic acids is 2. The summed E-state index contributed by atoms with van der Waals surface area (Å²) >= 11 is 1.70. The molecule has 27 heavy (non-hydrogen) atoms. The summed E-state index contributed by atoms with van der Waals surface area (Å²) in [6, 6.07) is 5.90. The molecule has 1 aromatic heterocycles. The number of hydrogen-bond acceptors (Lipinski definition) is 5. The van der Waals surface area contributed by atoms with Gasteiger partial charge in [0.15, 0.2) is 18.2 Å². The summed E-state index contributed by atoms with van der Waals surface area (Å²) in [4.78, 5) is 24.3. The molecule has 0 spiro atoms. The van der Waals surface area contributed by atoms with E-state index in [1.807, 2.05) is 6.92 Å². The number of rotatable bonds is 8. The summed E-state index contributed by atoms with van der Waals surface area (Å²) in [5, 5.41) is 10.0. The lowest BCUT2D eigenvalue weighted by atomic mass is 10.3. The molecule has 7 nitrogen and oxygen atoms in total. The van der Waals surface area contributed by atoms with E-state index in [-0.39, 0.29) is 24.8 Å². The zero-order valence-corrected chi connectivity index (χ0v) is 15.8. The molecule has 3 rings (SSSR count). The molecule has 2 aromatic rings. The Labute approximate surface area is 160 Å². The number of amides is 2. The Morgan fingerprint density at radius 2 is 2.11 bits per heavy atom. The lowest BCUT2D eigenvalue weighted by Crippen LogP contribution is -2.30. The van der Waals surface area contributed by atoms with Gasteiger partial charge in [-0.25, -0.2) is 9.07 Å². The van der Waals surface area contributed by atoms with Gasteiger partial charge in [-0.3, -0.25) is 9.59 Å². The number of aromatic nitrogens is 2. The molecule has 9 heteroatoms. The topological polar surface area (TPSA) is 85.3 Å². The van der Waals surface area contributed by atoms with Gasteiger partial charge in [-0.05, 0) is 18.6 Å². The molecule has 1 aromatic carbocycles. The maximum Gasteiger partial charge on any atom is 0.263 e. The quantitative estimate of drug-likeness (QED) is 0.720. The summed E-state index contributed by atoms with van der Waals surface area (Å²) in [7, 11) is 0. The fourth-order valence-electron chi connectivity index (χ4n) is 2.65. The first-order valence-electron chi connectivity index (χ1n) is 8.68. The van der Waals surface area contributed by atoms with E-state index in [0.29, 0.717) is 12.4 Å². The fraction of sp³-hybridized carbons (Fsp3) is 0.389. The van der Waals surface area contributed by atoms with Gasteiger partial charge < -0.3 is 15.4 Å². The first-order valence-corrected chi connectivity index (χ1v) is 9.84. The van der Waals surface area contributed by atoms with Crippen molar-refractivity contribution in [3.05, 3.63) is 41.3 Å². The molecule has 0 unspecified atom stereocenters. The molecular formula is C18H21FN4O3S. The van der Waals surface area contributed by atoms with Crippen LogP contribution in [0.4, 0.5) is 10.2 Å². The highest BCUT2D eigenvalue weighted by atomic mass is 32.2. The maximum atomic E-state index is 13.6. The SMILES string of the molecule is CCCNC(=O)Cn1nc2c(c1NC(=O)COc1ccccc1F)CSC2. The zero-order valence-electron chi connectivity index (χ0n) is 15.0. The molecule has 0 saturated carbocycles. The van der Waals surface area contributed by atoms with Crippen LogP contribution in [-0.2, 0) is 27.6 Å². The monoisotopic (exact) mass is 392 g/mol. The van der Waals surface area contributed by atoms with Crippen molar-refractivity contribution in [1.82, 2.24) is 15.1 Å². The average Bonchev–Trinajstić information content (AvgIpc) is 3.22. The number of para-hydroxylation sites is 1. The van der Waals surface area contributed by atoms with Crippen LogP contribution in [0.5, 0.6) is 5.75 Å². The number of nitrogens with one attached hydrogen (secondary N) is 2. The first-order chi connectivity index (χ1) is 13.1. The summed E-state index contributed by atoms with van der Waals surface area (Å²) in [5.41, 5.74) is 1.79. The minimum Gasteiger partial charge on any atom is -0.481 e. The number of thioether (sulfide) groups is 1. The third kappa shape index (κ3) is 4.79. The molecule has 144 valence electrons. The van der Waals surface area contributed by atoms with Crippen LogP contribution in [0.2, 0.25) is 0 Å². The van der Waals surface area contributed by atoms with Crippen LogP contribution in [0.15, 0.2) is 24.3 Å². The molecule has 0 saturated heterocycles. The number of anilines is 1. The minimum atomic E-state index is -0.528. The fourth-order valence-corrected chi connectivity index (χ4v) is 3.68. The number of fused-ring (bicyclic) bond motifs is 1. The van der Waals surface area contributed by atoms with Gasteiger partial charge in [0, 0.05) is 23.6 Å². The molecule has 2 N–H and O–H groups in total. The largest absolute Gasteiger partial charge is 0.481 e. The van der Waals surface area contributed by atoms with Crippen LogP contribution in [0.3, 0.4) is 0 Å². The van der Waals surface area contributed by atoms with Crippen LogP contribution in [-0.4, -0.2) is 34.7 Å². The standard InChI is InChI=1S/C18H21FN4O3S/c1-2-7-20-16(24)8-23-18(12-10-27-11-14(12)22-23)21-17(25)9-26-15-6-4-3-5-13(15)19/h3-6H,2,7-11H2,1H3,(H,20,24)(H,21,25). The van der Waals surface area contributed by atoms with E-state index < -0.39 is 11.7 Å². The first kappa shape index (κ1) is 19.2. The summed E-state index contributed by atoms with van der Waals surface area (Å²) in [6.45, 7) is 2.26. The Morgan fingerprint density at radius 1 is 1.30 bits per heavy atom. The van der Waals surface area contributed by atoms with Gasteiger partial charge in [-0.1, -0.05) is 19.1 Å². The van der Waals surface area contributed by atoms with Crippen LogP contribution < -0.4 is 15.4 Å². The van der Waals surface area contributed by atoms with E-state index in [9.17, 15) is 14.0 Å². The summed E-state index contributed by atoms with van der Waals surface area (Å²) < 4.78 is 20.3. The third-order valence-corrected chi connectivity index (χ3v) is 4.91. The third-order valence-electron chi connectivity index (χ3n) is 3.94. The molecule has 0 fully saturated rings. The van der Waals surface area contributed by atoms with Gasteiger partial charge in [0.2, 0.25) is 5.91 Å². The molecule has 0 bridgehead atoms. The van der Waals surface area contributed by atoms with Gasteiger partial charge in [0.05, 0.1) is 5.69 Å². The Bertz CT molecular complexity index is 840. The Kier molecular flexibility index (Phi) is 6.33. The molecule has 2 amide bonds. The van der Waals surface area contributed by atoms with E-state index in [0.717, 1.165) is 29.2 Å². The Balaban J connectivity index is 1.67. The van der Waals surface area contributed by atoms with Crippen LogP contribution >= 0.6 is 11.8 Å². The predicted molar refractivity (Wildman–Crippen MR) is 101 cm³/mol.